The van der Waals surface area contributed by atoms with Crippen molar-refractivity contribution in [1.82, 2.24) is 10.7 Å². The lowest BCUT2D eigenvalue weighted by atomic mass is 10.2. The fraction of sp³-hybridized carbons (Fsp3) is 0.211. The van der Waals surface area contributed by atoms with Gasteiger partial charge in [0.1, 0.15) is 12.4 Å². The van der Waals surface area contributed by atoms with Gasteiger partial charge in [-0.1, -0.05) is 41.4 Å². The molecule has 0 heterocycles. The van der Waals surface area contributed by atoms with Crippen LogP contribution < -0.4 is 15.5 Å². The van der Waals surface area contributed by atoms with Gasteiger partial charge in [0.25, 0.3) is 0 Å². The van der Waals surface area contributed by atoms with Gasteiger partial charge in [-0.15, -0.1) is 0 Å². The first-order valence-corrected chi connectivity index (χ1v) is 9.07. The molecule has 0 radical (unpaired) electrons. The predicted molar refractivity (Wildman–Crippen MR) is 104 cm³/mol. The van der Waals surface area contributed by atoms with Crippen LogP contribution in [0.4, 0.5) is 0 Å². The molecule has 1 fully saturated rings. The highest BCUT2D eigenvalue weighted by atomic mass is 35.5. The number of rotatable bonds is 6. The highest BCUT2D eigenvalue weighted by Crippen LogP contribution is 2.23. The van der Waals surface area contributed by atoms with E-state index in [0.29, 0.717) is 21.4 Å². The molecule has 0 saturated heterocycles. The summed E-state index contributed by atoms with van der Waals surface area (Å²) in [6.45, 7) is 0.286. The molecule has 8 heteroatoms. The molecular weight excluding hydrogens is 389 g/mol. The molecule has 0 spiro atoms. The van der Waals surface area contributed by atoms with Crippen molar-refractivity contribution in [3.63, 3.8) is 0 Å². The molecule has 0 aliphatic heterocycles. The number of carbonyl (C=O) groups excluding carboxylic acids is 2. The SMILES string of the molecule is O=C(N/N=C\c1cccc(OCc2ccc(Cl)cc2Cl)c1)C(=O)NC1CC1. The molecule has 2 aromatic carbocycles. The molecule has 0 bridgehead atoms. The van der Waals surface area contributed by atoms with E-state index in [1.807, 2.05) is 0 Å². The Morgan fingerprint density at radius 2 is 1.96 bits per heavy atom. The number of halogens is 2. The number of hydrogen-bond acceptors (Lipinski definition) is 4. The molecule has 3 rings (SSSR count). The lowest BCUT2D eigenvalue weighted by Gasteiger charge is -2.08. The van der Waals surface area contributed by atoms with Crippen LogP contribution in [-0.4, -0.2) is 24.1 Å². The van der Waals surface area contributed by atoms with Gasteiger partial charge in [-0.2, -0.15) is 5.10 Å². The van der Waals surface area contributed by atoms with E-state index in [1.165, 1.54) is 6.21 Å². The Hall–Kier alpha value is -2.57. The molecule has 0 aromatic heterocycles. The minimum absolute atomic E-state index is 0.121. The maximum atomic E-state index is 11.6. The van der Waals surface area contributed by atoms with Gasteiger partial charge in [0, 0.05) is 21.7 Å². The van der Waals surface area contributed by atoms with E-state index in [9.17, 15) is 9.59 Å². The minimum atomic E-state index is -0.789. The number of nitrogens with one attached hydrogen (secondary N) is 2. The van der Waals surface area contributed by atoms with Crippen LogP contribution in [0, 0.1) is 0 Å². The van der Waals surface area contributed by atoms with E-state index in [0.717, 1.165) is 18.4 Å². The molecular formula is C19H17Cl2N3O3. The zero-order valence-electron chi connectivity index (χ0n) is 14.2. The summed E-state index contributed by atoms with van der Waals surface area (Å²) in [6.07, 6.45) is 3.26. The number of hydrogen-bond donors (Lipinski definition) is 2. The van der Waals surface area contributed by atoms with Crippen LogP contribution in [-0.2, 0) is 16.2 Å². The first-order chi connectivity index (χ1) is 13.0. The topological polar surface area (TPSA) is 79.8 Å². The predicted octanol–water partition coefficient (Wildman–Crippen LogP) is 3.30. The highest BCUT2D eigenvalue weighted by molar-refractivity contribution is 6.35. The summed E-state index contributed by atoms with van der Waals surface area (Å²) < 4.78 is 5.73. The second-order valence-electron chi connectivity index (χ2n) is 6.04. The van der Waals surface area contributed by atoms with Crippen molar-refractivity contribution < 1.29 is 14.3 Å². The number of amides is 2. The molecule has 0 unspecified atom stereocenters. The second-order valence-corrected chi connectivity index (χ2v) is 6.89. The number of hydrazone groups is 1. The van der Waals surface area contributed by atoms with Crippen molar-refractivity contribution >= 4 is 41.2 Å². The van der Waals surface area contributed by atoms with Crippen molar-refractivity contribution in [2.24, 2.45) is 5.10 Å². The summed E-state index contributed by atoms with van der Waals surface area (Å²) in [4.78, 5) is 23.1. The van der Waals surface area contributed by atoms with Gasteiger partial charge in [0.2, 0.25) is 0 Å². The van der Waals surface area contributed by atoms with E-state index < -0.39 is 11.8 Å². The monoisotopic (exact) mass is 405 g/mol. The number of ether oxygens (including phenoxy) is 1. The van der Waals surface area contributed by atoms with Gasteiger partial charge in [0.15, 0.2) is 0 Å². The van der Waals surface area contributed by atoms with E-state index in [-0.39, 0.29) is 12.6 Å². The normalized spacial score (nSPS) is 13.4. The summed E-state index contributed by atoms with van der Waals surface area (Å²) in [6, 6.07) is 12.5. The summed E-state index contributed by atoms with van der Waals surface area (Å²) >= 11 is 12.0. The largest absolute Gasteiger partial charge is 0.489 e. The van der Waals surface area contributed by atoms with Crippen LogP contribution in [0.1, 0.15) is 24.0 Å². The van der Waals surface area contributed by atoms with Crippen molar-refractivity contribution in [2.45, 2.75) is 25.5 Å². The third-order valence-electron chi connectivity index (χ3n) is 3.77. The van der Waals surface area contributed by atoms with E-state index in [4.69, 9.17) is 27.9 Å². The molecule has 27 heavy (non-hydrogen) atoms. The van der Waals surface area contributed by atoms with Crippen LogP contribution in [0.15, 0.2) is 47.6 Å². The Bertz CT molecular complexity index is 882. The lowest BCUT2D eigenvalue weighted by Crippen LogP contribution is -2.38. The first-order valence-electron chi connectivity index (χ1n) is 8.32. The summed E-state index contributed by atoms with van der Waals surface area (Å²) in [7, 11) is 0. The van der Waals surface area contributed by atoms with E-state index in [2.05, 4.69) is 15.8 Å². The fourth-order valence-electron chi connectivity index (χ4n) is 2.18. The molecule has 1 aliphatic rings. The van der Waals surface area contributed by atoms with Gasteiger partial charge in [-0.3, -0.25) is 9.59 Å². The van der Waals surface area contributed by atoms with Crippen molar-refractivity contribution in [3.8, 4) is 5.75 Å². The molecule has 6 nitrogen and oxygen atoms in total. The third-order valence-corrected chi connectivity index (χ3v) is 4.35. The van der Waals surface area contributed by atoms with Crippen molar-refractivity contribution in [3.05, 3.63) is 63.6 Å². The fourth-order valence-corrected chi connectivity index (χ4v) is 2.64. The Kier molecular flexibility index (Phi) is 6.32. The summed E-state index contributed by atoms with van der Waals surface area (Å²) in [5.74, 6) is -0.850. The molecule has 140 valence electrons. The van der Waals surface area contributed by atoms with E-state index in [1.54, 1.807) is 42.5 Å². The molecule has 2 N–H and O–H groups in total. The Balaban J connectivity index is 1.53. The van der Waals surface area contributed by atoms with Crippen molar-refractivity contribution in [2.75, 3.05) is 0 Å². The van der Waals surface area contributed by atoms with Gasteiger partial charge in [-0.05, 0) is 42.7 Å². The first kappa shape index (κ1) is 19.2. The quantitative estimate of drug-likeness (QED) is 0.439. The van der Waals surface area contributed by atoms with Gasteiger partial charge >= 0.3 is 11.8 Å². The maximum absolute atomic E-state index is 11.6. The second kappa shape index (κ2) is 8.88. The average molecular weight is 406 g/mol. The molecule has 0 atom stereocenters. The van der Waals surface area contributed by atoms with Crippen molar-refractivity contribution in [1.29, 1.82) is 0 Å². The smallest absolute Gasteiger partial charge is 0.329 e. The standard InChI is InChI=1S/C19H17Cl2N3O3/c20-14-5-4-13(17(21)9-14)11-27-16-3-1-2-12(8-16)10-22-24-19(26)18(25)23-15-6-7-15/h1-5,8-10,15H,6-7,11H2,(H,23,25)(H,24,26)/b22-10-. The number of nitrogens with zero attached hydrogens (tertiary/aromatic N) is 1. The number of carbonyl (C=O) groups is 2. The Morgan fingerprint density at radius 3 is 2.70 bits per heavy atom. The molecule has 1 saturated carbocycles. The zero-order valence-corrected chi connectivity index (χ0v) is 15.8. The van der Waals surface area contributed by atoms with Gasteiger partial charge < -0.3 is 10.1 Å². The third kappa shape index (κ3) is 5.98. The maximum Gasteiger partial charge on any atom is 0.329 e. The Morgan fingerprint density at radius 1 is 1.15 bits per heavy atom. The van der Waals surface area contributed by atoms with E-state index >= 15 is 0 Å². The van der Waals surface area contributed by atoms with Crippen LogP contribution in [0.2, 0.25) is 10.0 Å². The molecule has 2 amide bonds. The van der Waals surface area contributed by atoms with Gasteiger partial charge in [-0.25, -0.2) is 5.43 Å². The number of benzene rings is 2. The van der Waals surface area contributed by atoms with Crippen LogP contribution in [0.5, 0.6) is 5.75 Å². The average Bonchev–Trinajstić information content (AvgIpc) is 3.45. The van der Waals surface area contributed by atoms with Gasteiger partial charge in [0.05, 0.1) is 6.21 Å². The molecule has 2 aromatic rings. The van der Waals surface area contributed by atoms with Crippen LogP contribution in [0.25, 0.3) is 0 Å². The highest BCUT2D eigenvalue weighted by Gasteiger charge is 2.26. The Labute approximate surface area is 166 Å². The minimum Gasteiger partial charge on any atom is -0.489 e. The summed E-state index contributed by atoms with van der Waals surface area (Å²) in [5.41, 5.74) is 3.72. The zero-order chi connectivity index (χ0) is 19.2. The lowest BCUT2D eigenvalue weighted by molar-refractivity contribution is -0.139. The summed E-state index contributed by atoms with van der Waals surface area (Å²) in [5, 5.41) is 7.48. The van der Waals surface area contributed by atoms with Crippen LogP contribution in [0.3, 0.4) is 0 Å². The van der Waals surface area contributed by atoms with Crippen LogP contribution >= 0.6 is 23.2 Å². The molecule has 1 aliphatic carbocycles.